The summed E-state index contributed by atoms with van der Waals surface area (Å²) >= 11 is 0. The SMILES string of the molecule is CC/C=C\C/C=C\C/C=C\CCCCCCOCC(COC(=O)CCCCCCC/C=C\C/C=C\CCC)OC(=O)CCCCCCC/C=C\C/C=C\CCC. The molecule has 0 amide bonds. The van der Waals surface area contributed by atoms with Crippen LogP contribution in [0.3, 0.4) is 0 Å². The summed E-state index contributed by atoms with van der Waals surface area (Å²) in [6, 6.07) is 0. The summed E-state index contributed by atoms with van der Waals surface area (Å²) in [7, 11) is 0. The molecule has 0 saturated heterocycles. The first kappa shape index (κ1) is 53.1. The smallest absolute Gasteiger partial charge is 0.306 e. The number of hydrogen-bond acceptors (Lipinski definition) is 5. The third-order valence-corrected chi connectivity index (χ3v) is 9.35. The molecule has 1 unspecified atom stereocenters. The summed E-state index contributed by atoms with van der Waals surface area (Å²) in [4.78, 5) is 25.3. The van der Waals surface area contributed by atoms with Gasteiger partial charge in [0.2, 0.25) is 0 Å². The standard InChI is InChI=1S/C51H86O5/c1-4-7-10-13-16-19-22-25-28-31-34-37-40-43-46-54-47-49(56-51(53)45-42-39-36-33-30-27-24-21-18-15-12-9-6-3)48-55-50(52)44-41-38-35-32-29-26-23-20-17-14-11-8-5-2/h7,10-12,14-16,19-21,23-25,28,49H,4-6,8-9,13,17-18,22,26-27,29-48H2,1-3H3/b10-7-,14-11-,15-12-,19-16-,23-20-,24-21-,28-25-. The van der Waals surface area contributed by atoms with Crippen molar-refractivity contribution in [1.82, 2.24) is 0 Å². The maximum atomic E-state index is 12.7. The van der Waals surface area contributed by atoms with E-state index in [9.17, 15) is 9.59 Å². The number of carbonyl (C=O) groups excluding carboxylic acids is 2. The molecule has 5 heteroatoms. The number of unbranched alkanes of at least 4 members (excludes halogenated alkanes) is 16. The molecule has 0 spiro atoms. The van der Waals surface area contributed by atoms with Crippen molar-refractivity contribution in [2.75, 3.05) is 19.8 Å². The molecular formula is C51H86O5. The van der Waals surface area contributed by atoms with Crippen molar-refractivity contribution in [3.05, 3.63) is 85.1 Å². The van der Waals surface area contributed by atoms with Crippen LogP contribution in [0, 0.1) is 0 Å². The molecule has 0 heterocycles. The highest BCUT2D eigenvalue weighted by Crippen LogP contribution is 2.12. The molecule has 5 nitrogen and oxygen atoms in total. The lowest BCUT2D eigenvalue weighted by atomic mass is 10.1. The number of rotatable bonds is 41. The Labute approximate surface area is 346 Å². The monoisotopic (exact) mass is 779 g/mol. The van der Waals surface area contributed by atoms with Crippen molar-refractivity contribution < 1.29 is 23.8 Å². The normalized spacial score (nSPS) is 13.0. The predicted octanol–water partition coefficient (Wildman–Crippen LogP) is 15.3. The van der Waals surface area contributed by atoms with Crippen LogP contribution >= 0.6 is 0 Å². The first-order valence-corrected chi connectivity index (χ1v) is 23.1. The molecule has 56 heavy (non-hydrogen) atoms. The molecule has 0 aliphatic heterocycles. The average molecular weight is 779 g/mol. The lowest BCUT2D eigenvalue weighted by Crippen LogP contribution is -2.30. The van der Waals surface area contributed by atoms with Gasteiger partial charge in [0.25, 0.3) is 0 Å². The van der Waals surface area contributed by atoms with Gasteiger partial charge in [-0.05, 0) is 103 Å². The van der Waals surface area contributed by atoms with Crippen LogP contribution in [0.5, 0.6) is 0 Å². The van der Waals surface area contributed by atoms with Gasteiger partial charge in [0.05, 0.1) is 6.61 Å². The maximum absolute atomic E-state index is 12.7. The van der Waals surface area contributed by atoms with Crippen molar-refractivity contribution in [2.45, 2.75) is 207 Å². The average Bonchev–Trinajstić information content (AvgIpc) is 3.20. The van der Waals surface area contributed by atoms with Crippen LogP contribution < -0.4 is 0 Å². The van der Waals surface area contributed by atoms with E-state index >= 15 is 0 Å². The van der Waals surface area contributed by atoms with E-state index in [-0.39, 0.29) is 25.2 Å². The predicted molar refractivity (Wildman–Crippen MR) is 242 cm³/mol. The van der Waals surface area contributed by atoms with E-state index in [4.69, 9.17) is 14.2 Å². The zero-order valence-electron chi connectivity index (χ0n) is 36.6. The maximum Gasteiger partial charge on any atom is 0.306 e. The molecule has 0 fully saturated rings. The molecule has 0 aromatic carbocycles. The molecule has 0 aromatic rings. The molecule has 320 valence electrons. The fourth-order valence-corrected chi connectivity index (χ4v) is 5.95. The second-order valence-electron chi connectivity index (χ2n) is 14.9. The molecule has 0 N–H and O–H groups in total. The molecule has 0 aliphatic carbocycles. The van der Waals surface area contributed by atoms with E-state index in [1.807, 2.05) is 0 Å². The first-order chi connectivity index (χ1) is 27.6. The Kier molecular flexibility index (Phi) is 44.0. The number of esters is 2. The lowest BCUT2D eigenvalue weighted by molar-refractivity contribution is -0.163. The quantitative estimate of drug-likeness (QED) is 0.0351. The Morgan fingerprint density at radius 1 is 0.411 bits per heavy atom. The molecule has 0 rings (SSSR count). The van der Waals surface area contributed by atoms with E-state index < -0.39 is 6.10 Å². The molecule has 0 radical (unpaired) electrons. The molecule has 1 atom stereocenters. The van der Waals surface area contributed by atoms with Gasteiger partial charge in [0.1, 0.15) is 6.61 Å². The topological polar surface area (TPSA) is 61.8 Å². The minimum Gasteiger partial charge on any atom is -0.462 e. The molecule has 0 bridgehead atoms. The van der Waals surface area contributed by atoms with Gasteiger partial charge in [-0.2, -0.15) is 0 Å². The van der Waals surface area contributed by atoms with Crippen LogP contribution in [0.25, 0.3) is 0 Å². The third kappa shape index (κ3) is 43.8. The van der Waals surface area contributed by atoms with Crippen LogP contribution in [0.4, 0.5) is 0 Å². The van der Waals surface area contributed by atoms with Gasteiger partial charge in [-0.15, -0.1) is 0 Å². The Morgan fingerprint density at radius 3 is 1.29 bits per heavy atom. The second kappa shape index (κ2) is 46.5. The fourth-order valence-electron chi connectivity index (χ4n) is 5.95. The van der Waals surface area contributed by atoms with Gasteiger partial charge in [-0.3, -0.25) is 9.59 Å². The van der Waals surface area contributed by atoms with Crippen LogP contribution in [0.1, 0.15) is 201 Å². The summed E-state index contributed by atoms with van der Waals surface area (Å²) < 4.78 is 17.3. The molecule has 0 aliphatic rings. The van der Waals surface area contributed by atoms with Gasteiger partial charge < -0.3 is 14.2 Å². The van der Waals surface area contributed by atoms with Gasteiger partial charge in [-0.1, -0.05) is 170 Å². The van der Waals surface area contributed by atoms with Gasteiger partial charge in [-0.25, -0.2) is 0 Å². The lowest BCUT2D eigenvalue weighted by Gasteiger charge is -2.18. The number of hydrogen-bond donors (Lipinski definition) is 0. The number of carbonyl (C=O) groups is 2. The van der Waals surface area contributed by atoms with Crippen LogP contribution in [-0.4, -0.2) is 37.9 Å². The van der Waals surface area contributed by atoms with E-state index in [0.29, 0.717) is 19.4 Å². The Bertz CT molecular complexity index is 1060. The molecule has 0 saturated carbocycles. The summed E-state index contributed by atoms with van der Waals surface area (Å²) in [5.74, 6) is -0.449. The van der Waals surface area contributed by atoms with Gasteiger partial charge in [0.15, 0.2) is 6.10 Å². The second-order valence-corrected chi connectivity index (χ2v) is 14.9. The highest BCUT2D eigenvalue weighted by atomic mass is 16.6. The zero-order valence-corrected chi connectivity index (χ0v) is 36.6. The summed E-state index contributed by atoms with van der Waals surface area (Å²) in [6.45, 7) is 7.49. The third-order valence-electron chi connectivity index (χ3n) is 9.35. The Balaban J connectivity index is 4.36. The summed E-state index contributed by atoms with van der Waals surface area (Å²) in [6.07, 6.45) is 60.1. The molecular weight excluding hydrogens is 693 g/mol. The van der Waals surface area contributed by atoms with Crippen molar-refractivity contribution in [3.8, 4) is 0 Å². The highest BCUT2D eigenvalue weighted by Gasteiger charge is 2.17. The van der Waals surface area contributed by atoms with Crippen LogP contribution in [-0.2, 0) is 23.8 Å². The van der Waals surface area contributed by atoms with Crippen molar-refractivity contribution in [3.63, 3.8) is 0 Å². The van der Waals surface area contributed by atoms with E-state index in [0.717, 1.165) is 116 Å². The zero-order chi connectivity index (χ0) is 40.7. The van der Waals surface area contributed by atoms with Gasteiger partial charge in [0, 0.05) is 19.4 Å². The highest BCUT2D eigenvalue weighted by molar-refractivity contribution is 5.70. The minimum atomic E-state index is -0.563. The van der Waals surface area contributed by atoms with E-state index in [2.05, 4.69) is 106 Å². The van der Waals surface area contributed by atoms with Crippen molar-refractivity contribution in [2.24, 2.45) is 0 Å². The van der Waals surface area contributed by atoms with Crippen molar-refractivity contribution >= 4 is 11.9 Å². The van der Waals surface area contributed by atoms with E-state index in [1.165, 1.54) is 51.4 Å². The Hall–Kier alpha value is -2.92. The largest absolute Gasteiger partial charge is 0.462 e. The Morgan fingerprint density at radius 2 is 0.804 bits per heavy atom. The molecule has 0 aromatic heterocycles. The first-order valence-electron chi connectivity index (χ1n) is 23.1. The van der Waals surface area contributed by atoms with E-state index in [1.54, 1.807) is 0 Å². The van der Waals surface area contributed by atoms with Crippen molar-refractivity contribution in [1.29, 1.82) is 0 Å². The number of allylic oxidation sites excluding steroid dienone is 14. The number of ether oxygens (including phenoxy) is 3. The summed E-state index contributed by atoms with van der Waals surface area (Å²) in [5.41, 5.74) is 0. The minimum absolute atomic E-state index is 0.0589. The fraction of sp³-hybridized carbons (Fsp3) is 0.686. The summed E-state index contributed by atoms with van der Waals surface area (Å²) in [5, 5.41) is 0. The van der Waals surface area contributed by atoms with Crippen LogP contribution in [0.2, 0.25) is 0 Å². The van der Waals surface area contributed by atoms with Gasteiger partial charge >= 0.3 is 11.9 Å². The van der Waals surface area contributed by atoms with Crippen LogP contribution in [0.15, 0.2) is 85.1 Å².